The van der Waals surface area contributed by atoms with Crippen molar-refractivity contribution < 1.29 is 13.9 Å². The van der Waals surface area contributed by atoms with Gasteiger partial charge < -0.3 is 15.4 Å². The summed E-state index contributed by atoms with van der Waals surface area (Å²) in [5, 5.41) is 5.86. The van der Waals surface area contributed by atoms with E-state index in [-0.39, 0.29) is 17.4 Å². The summed E-state index contributed by atoms with van der Waals surface area (Å²) >= 11 is 1.95. The Morgan fingerprint density at radius 1 is 1.28 bits per heavy atom. The Balaban J connectivity index is 1.44. The molecule has 0 aromatic heterocycles. The van der Waals surface area contributed by atoms with Gasteiger partial charge in [-0.15, -0.1) is 0 Å². The zero-order valence-corrected chi connectivity index (χ0v) is 15.2. The molecule has 25 heavy (non-hydrogen) atoms. The molecule has 0 unspecified atom stereocenters. The Labute approximate surface area is 152 Å². The van der Waals surface area contributed by atoms with Crippen molar-refractivity contribution in [3.63, 3.8) is 0 Å². The van der Waals surface area contributed by atoms with Gasteiger partial charge in [-0.3, -0.25) is 4.90 Å². The number of amides is 2. The lowest BCUT2D eigenvalue weighted by Crippen LogP contribution is -2.59. The van der Waals surface area contributed by atoms with E-state index >= 15 is 0 Å². The number of nitrogens with zero attached hydrogens (tertiary/aromatic N) is 1. The molecule has 2 heterocycles. The largest absolute Gasteiger partial charge is 0.379 e. The monoisotopic (exact) mass is 367 g/mol. The van der Waals surface area contributed by atoms with Crippen LogP contribution in [0, 0.1) is 5.82 Å². The fraction of sp³-hybridized carbons (Fsp3) is 0.611. The predicted molar refractivity (Wildman–Crippen MR) is 98.6 cm³/mol. The Bertz CT molecular complexity index is 575. The summed E-state index contributed by atoms with van der Waals surface area (Å²) in [5.74, 6) is 1.95. The van der Waals surface area contributed by atoms with Gasteiger partial charge in [0.2, 0.25) is 0 Å². The van der Waals surface area contributed by atoms with E-state index in [1.807, 2.05) is 17.8 Å². The van der Waals surface area contributed by atoms with E-state index in [9.17, 15) is 9.18 Å². The minimum absolute atomic E-state index is 0.0390. The van der Waals surface area contributed by atoms with Crippen LogP contribution in [0.4, 0.5) is 9.18 Å². The number of hydrogen-bond donors (Lipinski definition) is 2. The van der Waals surface area contributed by atoms with Crippen molar-refractivity contribution in [3.05, 3.63) is 35.6 Å². The van der Waals surface area contributed by atoms with Gasteiger partial charge in [-0.25, -0.2) is 9.18 Å². The topological polar surface area (TPSA) is 53.6 Å². The van der Waals surface area contributed by atoms with Crippen LogP contribution in [-0.2, 0) is 11.2 Å². The van der Waals surface area contributed by atoms with Crippen molar-refractivity contribution >= 4 is 17.8 Å². The van der Waals surface area contributed by atoms with Crippen molar-refractivity contribution in [1.82, 2.24) is 15.5 Å². The third-order valence-corrected chi connectivity index (χ3v) is 6.21. The molecule has 2 amide bonds. The average molecular weight is 367 g/mol. The van der Waals surface area contributed by atoms with Crippen LogP contribution >= 0.6 is 11.8 Å². The Morgan fingerprint density at radius 2 is 2.08 bits per heavy atom. The summed E-state index contributed by atoms with van der Waals surface area (Å²) < 4.78 is 19.0. The number of halogens is 1. The standard InChI is InChI=1S/C18H26FN3O2S/c19-16-4-2-1-3-15(16)5-7-20-17(23)21-13-18(6-12-25-14-18)22-8-10-24-11-9-22/h1-4H,5-14H2,(H2,20,21,23)/t18-/m0/s1. The molecule has 138 valence electrons. The normalized spacial score (nSPS) is 24.2. The molecular weight excluding hydrogens is 341 g/mol. The zero-order chi connectivity index (χ0) is 17.5. The number of nitrogens with one attached hydrogen (secondary N) is 2. The third kappa shape index (κ3) is 4.86. The van der Waals surface area contributed by atoms with E-state index in [0.29, 0.717) is 25.1 Å². The first-order chi connectivity index (χ1) is 12.2. The summed E-state index contributed by atoms with van der Waals surface area (Å²) in [7, 11) is 0. The second-order valence-electron chi connectivity index (χ2n) is 6.58. The molecule has 5 nitrogen and oxygen atoms in total. The molecule has 1 aromatic rings. The van der Waals surface area contributed by atoms with Crippen molar-refractivity contribution in [2.75, 3.05) is 50.9 Å². The molecule has 0 radical (unpaired) electrons. The van der Waals surface area contributed by atoms with Crippen LogP contribution in [0.2, 0.25) is 0 Å². The van der Waals surface area contributed by atoms with E-state index in [0.717, 1.165) is 44.2 Å². The smallest absolute Gasteiger partial charge is 0.314 e. The second-order valence-corrected chi connectivity index (χ2v) is 7.68. The highest BCUT2D eigenvalue weighted by Gasteiger charge is 2.40. The van der Waals surface area contributed by atoms with Crippen molar-refractivity contribution in [3.8, 4) is 0 Å². The molecule has 1 aromatic carbocycles. The first kappa shape index (κ1) is 18.5. The van der Waals surface area contributed by atoms with Gasteiger partial charge in [-0.05, 0) is 30.2 Å². The average Bonchev–Trinajstić information content (AvgIpc) is 3.13. The van der Waals surface area contributed by atoms with Crippen LogP contribution in [-0.4, -0.2) is 67.4 Å². The van der Waals surface area contributed by atoms with E-state index < -0.39 is 0 Å². The number of rotatable bonds is 6. The van der Waals surface area contributed by atoms with Gasteiger partial charge in [0.05, 0.1) is 13.2 Å². The summed E-state index contributed by atoms with van der Waals surface area (Å²) in [6.45, 7) is 4.45. The van der Waals surface area contributed by atoms with Crippen molar-refractivity contribution in [2.24, 2.45) is 0 Å². The number of carbonyl (C=O) groups excluding carboxylic acids is 1. The lowest BCUT2D eigenvalue weighted by atomic mass is 9.95. The van der Waals surface area contributed by atoms with E-state index in [1.165, 1.54) is 6.07 Å². The highest BCUT2D eigenvalue weighted by molar-refractivity contribution is 7.99. The zero-order valence-electron chi connectivity index (χ0n) is 14.4. The number of benzene rings is 1. The maximum absolute atomic E-state index is 13.6. The molecule has 2 fully saturated rings. The molecule has 0 bridgehead atoms. The van der Waals surface area contributed by atoms with E-state index in [1.54, 1.807) is 12.1 Å². The third-order valence-electron chi connectivity index (χ3n) is 4.98. The molecular formula is C18H26FN3O2S. The predicted octanol–water partition coefficient (Wildman–Crippen LogP) is 1.88. The van der Waals surface area contributed by atoms with Crippen LogP contribution in [0.25, 0.3) is 0 Å². The van der Waals surface area contributed by atoms with Gasteiger partial charge in [0.15, 0.2) is 0 Å². The number of hydrogen-bond acceptors (Lipinski definition) is 4. The summed E-state index contributed by atoms with van der Waals surface area (Å²) in [6.07, 6.45) is 1.58. The number of urea groups is 1. The first-order valence-corrected chi connectivity index (χ1v) is 10.0. The Kier molecular flexibility index (Phi) is 6.56. The van der Waals surface area contributed by atoms with E-state index in [2.05, 4.69) is 15.5 Å². The van der Waals surface area contributed by atoms with Gasteiger partial charge >= 0.3 is 6.03 Å². The Morgan fingerprint density at radius 3 is 2.80 bits per heavy atom. The molecule has 2 N–H and O–H groups in total. The number of ether oxygens (including phenoxy) is 1. The minimum Gasteiger partial charge on any atom is -0.379 e. The molecule has 2 aliphatic rings. The van der Waals surface area contributed by atoms with Crippen LogP contribution < -0.4 is 10.6 Å². The van der Waals surface area contributed by atoms with Gasteiger partial charge in [0.25, 0.3) is 0 Å². The Hall–Kier alpha value is -1.31. The SMILES string of the molecule is O=C(NCCc1ccccc1F)NC[C@@]1(N2CCOCC2)CCSC1. The van der Waals surface area contributed by atoms with Crippen molar-refractivity contribution in [1.29, 1.82) is 0 Å². The van der Waals surface area contributed by atoms with Gasteiger partial charge in [-0.1, -0.05) is 18.2 Å². The second kappa shape index (κ2) is 8.87. The maximum atomic E-state index is 13.6. The molecule has 2 saturated heterocycles. The summed E-state index contributed by atoms with van der Waals surface area (Å²) in [5.41, 5.74) is 0.664. The quantitative estimate of drug-likeness (QED) is 0.806. The van der Waals surface area contributed by atoms with Gasteiger partial charge in [-0.2, -0.15) is 11.8 Å². The number of morpholine rings is 1. The molecule has 2 aliphatic heterocycles. The van der Waals surface area contributed by atoms with Crippen molar-refractivity contribution in [2.45, 2.75) is 18.4 Å². The van der Waals surface area contributed by atoms with Crippen LogP contribution in [0.1, 0.15) is 12.0 Å². The molecule has 0 aliphatic carbocycles. The molecule has 3 rings (SSSR count). The first-order valence-electron chi connectivity index (χ1n) is 8.85. The van der Waals surface area contributed by atoms with Crippen LogP contribution in [0.15, 0.2) is 24.3 Å². The highest BCUT2D eigenvalue weighted by atomic mass is 32.2. The molecule has 0 spiro atoms. The van der Waals surface area contributed by atoms with Crippen LogP contribution in [0.5, 0.6) is 0 Å². The molecule has 7 heteroatoms. The maximum Gasteiger partial charge on any atom is 0.314 e. The van der Waals surface area contributed by atoms with Crippen LogP contribution in [0.3, 0.4) is 0 Å². The number of thioether (sulfide) groups is 1. The minimum atomic E-state index is -0.223. The number of carbonyl (C=O) groups is 1. The lowest BCUT2D eigenvalue weighted by molar-refractivity contribution is -0.0124. The molecule has 1 atom stereocenters. The van der Waals surface area contributed by atoms with Gasteiger partial charge in [0, 0.05) is 37.5 Å². The summed E-state index contributed by atoms with van der Waals surface area (Å²) in [6, 6.07) is 6.49. The fourth-order valence-corrected chi connectivity index (χ4v) is 4.93. The lowest BCUT2D eigenvalue weighted by Gasteiger charge is -2.43. The fourth-order valence-electron chi connectivity index (χ4n) is 3.45. The highest BCUT2D eigenvalue weighted by Crippen LogP contribution is 2.33. The summed E-state index contributed by atoms with van der Waals surface area (Å²) in [4.78, 5) is 14.6. The van der Waals surface area contributed by atoms with E-state index in [4.69, 9.17) is 4.74 Å². The molecule has 0 saturated carbocycles. The van der Waals surface area contributed by atoms with Gasteiger partial charge in [0.1, 0.15) is 5.82 Å².